The van der Waals surface area contributed by atoms with E-state index in [1.54, 1.807) is 14.2 Å². The number of phenols is 2. The van der Waals surface area contributed by atoms with E-state index in [1.807, 2.05) is 111 Å². The molecular formula is C60H52O6. The van der Waals surface area contributed by atoms with Crippen molar-refractivity contribution in [1.82, 2.24) is 0 Å². The highest BCUT2D eigenvalue weighted by molar-refractivity contribution is 6.15. The number of benzene rings is 10. The van der Waals surface area contributed by atoms with Crippen LogP contribution in [-0.4, -0.2) is 37.6 Å². The molecule has 10 aromatic rings. The number of aryl methyl sites for hydroxylation is 2. The predicted octanol–water partition coefficient (Wildman–Crippen LogP) is 15.5. The number of ether oxygens (including phenoxy) is 4. The normalized spacial score (nSPS) is 11.2. The van der Waals surface area contributed by atoms with Gasteiger partial charge in [0.2, 0.25) is 0 Å². The number of rotatable bonds is 12. The maximum absolute atomic E-state index is 12.3. The van der Waals surface area contributed by atoms with Gasteiger partial charge in [0.05, 0.1) is 27.4 Å². The molecule has 0 radical (unpaired) electrons. The van der Waals surface area contributed by atoms with Crippen LogP contribution in [0.5, 0.6) is 34.5 Å². The maximum Gasteiger partial charge on any atom is 0.131 e. The summed E-state index contributed by atoms with van der Waals surface area (Å²) >= 11 is 0. The number of hydrogen-bond acceptors (Lipinski definition) is 6. The van der Waals surface area contributed by atoms with E-state index in [-0.39, 0.29) is 18.9 Å². The SMILES string of the molecule is C.COc1ccc(OCCCOc2ccc(OC)cc2-c2cc(C)cc(-c3c4ccccc4cc4ccccc34)c2O)c(-c2cc(C)cc(-c3c4ccccc4cc4ccccc34)c2O)c1. The first-order valence-electron chi connectivity index (χ1n) is 21.9. The minimum Gasteiger partial charge on any atom is -0.507 e. The van der Waals surface area contributed by atoms with Gasteiger partial charge in [0, 0.05) is 50.9 Å². The molecule has 0 aliphatic carbocycles. The average molecular weight is 869 g/mol. The summed E-state index contributed by atoms with van der Waals surface area (Å²) < 4.78 is 24.4. The van der Waals surface area contributed by atoms with Crippen LogP contribution in [0.2, 0.25) is 0 Å². The molecule has 0 aromatic heterocycles. The van der Waals surface area contributed by atoms with Gasteiger partial charge in [0.15, 0.2) is 0 Å². The van der Waals surface area contributed by atoms with Gasteiger partial charge >= 0.3 is 0 Å². The summed E-state index contributed by atoms with van der Waals surface area (Å²) in [5.41, 5.74) is 8.22. The van der Waals surface area contributed by atoms with Crippen LogP contribution < -0.4 is 18.9 Å². The van der Waals surface area contributed by atoms with Gasteiger partial charge in [-0.25, -0.2) is 0 Å². The number of phenolic OH excluding ortho intramolecular Hbond substituents is 2. The van der Waals surface area contributed by atoms with Crippen LogP contribution in [0.1, 0.15) is 25.0 Å². The van der Waals surface area contributed by atoms with Crippen molar-refractivity contribution in [3.8, 4) is 79.0 Å². The summed E-state index contributed by atoms with van der Waals surface area (Å²) in [6.45, 7) is 4.78. The van der Waals surface area contributed by atoms with Crippen LogP contribution in [0.3, 0.4) is 0 Å². The van der Waals surface area contributed by atoms with E-state index in [0.717, 1.165) is 87.6 Å². The molecule has 2 N–H and O–H groups in total. The van der Waals surface area contributed by atoms with Gasteiger partial charge in [-0.2, -0.15) is 0 Å². The van der Waals surface area contributed by atoms with Gasteiger partial charge in [-0.15, -0.1) is 0 Å². The van der Waals surface area contributed by atoms with Crippen molar-refractivity contribution >= 4 is 43.1 Å². The Bertz CT molecular complexity index is 3110. The van der Waals surface area contributed by atoms with Crippen molar-refractivity contribution in [2.24, 2.45) is 0 Å². The molecule has 0 saturated heterocycles. The second-order valence-corrected chi connectivity index (χ2v) is 16.6. The van der Waals surface area contributed by atoms with Crippen molar-refractivity contribution in [1.29, 1.82) is 0 Å². The van der Waals surface area contributed by atoms with E-state index in [9.17, 15) is 10.2 Å². The molecule has 66 heavy (non-hydrogen) atoms. The molecule has 0 heterocycles. The average Bonchev–Trinajstić information content (AvgIpc) is 3.33. The molecule has 0 amide bonds. The molecule has 0 aliphatic rings. The minimum absolute atomic E-state index is 0. The van der Waals surface area contributed by atoms with Gasteiger partial charge in [0.25, 0.3) is 0 Å². The molecule has 6 heteroatoms. The minimum atomic E-state index is 0. The first-order chi connectivity index (χ1) is 31.8. The van der Waals surface area contributed by atoms with Crippen LogP contribution in [0, 0.1) is 13.8 Å². The van der Waals surface area contributed by atoms with E-state index in [4.69, 9.17) is 18.9 Å². The highest BCUT2D eigenvalue weighted by Crippen LogP contribution is 2.49. The van der Waals surface area contributed by atoms with Crippen molar-refractivity contribution in [2.45, 2.75) is 27.7 Å². The van der Waals surface area contributed by atoms with Gasteiger partial charge in [-0.05, 0) is 141 Å². The standard InChI is InChI=1S/C59H48O6.CH4/c1-36-28-50(58(60)52(30-36)56-44-18-9-5-14-38(44)32-39-15-6-10-19-45(39)56)48-34-42(62-3)22-24-54(48)64-26-13-27-65-55-25-23-43(63-4)35-49(55)51-29-37(2)31-53(59(51)61)57-46-20-11-7-16-40(46)33-41-17-8-12-21-47(41)57;/h5-12,14-25,28-35,60-61H,13,26-27H2,1-4H3;1H4. The first kappa shape index (κ1) is 43.3. The zero-order chi connectivity index (χ0) is 44.6. The molecule has 0 unspecified atom stereocenters. The van der Waals surface area contributed by atoms with Gasteiger partial charge in [-0.1, -0.05) is 104 Å². The van der Waals surface area contributed by atoms with Crippen LogP contribution in [-0.2, 0) is 0 Å². The Balaban J connectivity index is 0.00000548. The van der Waals surface area contributed by atoms with Gasteiger partial charge in [0.1, 0.15) is 34.5 Å². The molecule has 0 spiro atoms. The fraction of sp³-hybridized carbons (Fsp3) is 0.133. The van der Waals surface area contributed by atoms with Crippen LogP contribution in [0.4, 0.5) is 0 Å². The van der Waals surface area contributed by atoms with E-state index < -0.39 is 0 Å². The molecule has 328 valence electrons. The van der Waals surface area contributed by atoms with Crippen LogP contribution >= 0.6 is 0 Å². The summed E-state index contributed by atoms with van der Waals surface area (Å²) in [5.74, 6) is 2.87. The largest absolute Gasteiger partial charge is 0.507 e. The van der Waals surface area contributed by atoms with Crippen LogP contribution in [0.25, 0.3) is 87.6 Å². The molecule has 0 atom stereocenters. The van der Waals surface area contributed by atoms with E-state index in [1.165, 1.54) is 0 Å². The Morgan fingerprint density at radius 2 is 0.712 bits per heavy atom. The number of fused-ring (bicyclic) bond motifs is 4. The lowest BCUT2D eigenvalue weighted by Gasteiger charge is -2.19. The number of hydrogen-bond donors (Lipinski definition) is 2. The third kappa shape index (κ3) is 7.96. The second-order valence-electron chi connectivity index (χ2n) is 16.6. The quantitative estimate of drug-likeness (QED) is 0.0941. The lowest BCUT2D eigenvalue weighted by molar-refractivity contribution is 0.248. The Morgan fingerprint density at radius 1 is 0.379 bits per heavy atom. The fourth-order valence-electron chi connectivity index (χ4n) is 9.33. The third-order valence-corrected chi connectivity index (χ3v) is 12.3. The van der Waals surface area contributed by atoms with Crippen molar-refractivity contribution in [3.05, 3.63) is 181 Å². The van der Waals surface area contributed by atoms with Crippen molar-refractivity contribution < 1.29 is 29.2 Å². The van der Waals surface area contributed by atoms with Crippen molar-refractivity contribution in [2.75, 3.05) is 27.4 Å². The zero-order valence-corrected chi connectivity index (χ0v) is 36.8. The lowest BCUT2D eigenvalue weighted by atomic mass is 9.88. The smallest absolute Gasteiger partial charge is 0.131 e. The van der Waals surface area contributed by atoms with E-state index >= 15 is 0 Å². The predicted molar refractivity (Wildman–Crippen MR) is 273 cm³/mol. The molecule has 0 fully saturated rings. The Kier molecular flexibility index (Phi) is 12.0. The molecule has 10 rings (SSSR count). The summed E-state index contributed by atoms with van der Waals surface area (Å²) in [6.07, 6.45) is 0.553. The molecule has 6 nitrogen and oxygen atoms in total. The Labute approximate surface area is 385 Å². The highest BCUT2D eigenvalue weighted by atomic mass is 16.5. The fourth-order valence-corrected chi connectivity index (χ4v) is 9.33. The summed E-state index contributed by atoms with van der Waals surface area (Å²) in [6, 6.07) is 57.1. The molecule has 0 aliphatic heterocycles. The second kappa shape index (κ2) is 18.3. The van der Waals surface area contributed by atoms with Crippen LogP contribution in [0.15, 0.2) is 170 Å². The van der Waals surface area contributed by atoms with E-state index in [0.29, 0.717) is 53.8 Å². The summed E-state index contributed by atoms with van der Waals surface area (Å²) in [7, 11) is 3.27. The van der Waals surface area contributed by atoms with Gasteiger partial charge in [-0.3, -0.25) is 0 Å². The third-order valence-electron chi connectivity index (χ3n) is 12.3. The molecule has 0 bridgehead atoms. The topological polar surface area (TPSA) is 77.4 Å². The number of aromatic hydroxyl groups is 2. The monoisotopic (exact) mass is 868 g/mol. The van der Waals surface area contributed by atoms with E-state index in [2.05, 4.69) is 72.8 Å². The molecular weight excluding hydrogens is 817 g/mol. The Hall–Kier alpha value is -7.96. The van der Waals surface area contributed by atoms with Crippen molar-refractivity contribution in [3.63, 3.8) is 0 Å². The lowest BCUT2D eigenvalue weighted by Crippen LogP contribution is -2.06. The van der Waals surface area contributed by atoms with Gasteiger partial charge < -0.3 is 29.2 Å². The first-order valence-corrected chi connectivity index (χ1v) is 21.9. The summed E-state index contributed by atoms with van der Waals surface area (Å²) in [4.78, 5) is 0. The zero-order valence-electron chi connectivity index (χ0n) is 36.8. The summed E-state index contributed by atoms with van der Waals surface area (Å²) in [5, 5.41) is 33.3. The molecule has 10 aromatic carbocycles. The molecule has 0 saturated carbocycles. The Morgan fingerprint density at radius 3 is 1.06 bits per heavy atom. The highest BCUT2D eigenvalue weighted by Gasteiger charge is 2.22. The maximum atomic E-state index is 12.3. The number of methoxy groups -OCH3 is 2.